The van der Waals surface area contributed by atoms with E-state index in [2.05, 4.69) is 5.37 Å². The second-order valence-corrected chi connectivity index (χ2v) is 3.49. The van der Waals surface area contributed by atoms with Gasteiger partial charge in [-0.1, -0.05) is 0 Å². The Morgan fingerprint density at radius 3 is 1.71 bits per heavy atom. The summed E-state index contributed by atoms with van der Waals surface area (Å²) in [5.41, 5.74) is 0. The summed E-state index contributed by atoms with van der Waals surface area (Å²) in [5.74, 6) is -1.62. The van der Waals surface area contributed by atoms with Gasteiger partial charge in [0.25, 0.3) is 0 Å². The molecule has 1 aliphatic heterocycles. The molecule has 1 aliphatic rings. The van der Waals surface area contributed by atoms with Crippen molar-refractivity contribution in [3.05, 3.63) is 0 Å². The summed E-state index contributed by atoms with van der Waals surface area (Å²) < 4.78 is 8.53. The van der Waals surface area contributed by atoms with Crippen LogP contribution in [-0.2, 0) is 15.0 Å². The summed E-state index contributed by atoms with van der Waals surface area (Å²) in [4.78, 5) is 19.9. The predicted molar refractivity (Wildman–Crippen MR) is 17.9 cm³/mol. The number of carbonyl (C=O) groups is 2. The van der Waals surface area contributed by atoms with Crippen molar-refractivity contribution in [1.29, 1.82) is 0 Å². The van der Waals surface area contributed by atoms with Crippen LogP contribution in [-0.4, -0.2) is 37.1 Å². The molecule has 0 aromatic rings. The van der Waals surface area contributed by atoms with Gasteiger partial charge in [-0.3, -0.25) is 0 Å². The molecule has 0 atom stereocenters. The maximum atomic E-state index is 9.93. The van der Waals surface area contributed by atoms with Gasteiger partial charge in [-0.15, -0.1) is 0 Å². The van der Waals surface area contributed by atoms with E-state index < -0.39 is 37.1 Å². The Morgan fingerprint density at radius 1 is 1.14 bits per heavy atom. The van der Waals surface area contributed by atoms with Crippen molar-refractivity contribution < 1.29 is 15.0 Å². The monoisotopic (exact) mass is 293 g/mol. The molecular weight excluding hydrogens is 292 g/mol. The zero-order valence-electron chi connectivity index (χ0n) is 3.21. The summed E-state index contributed by atoms with van der Waals surface area (Å²) >= 11 is -1.76. The van der Waals surface area contributed by atoms with E-state index in [9.17, 15) is 9.59 Å². The van der Waals surface area contributed by atoms with E-state index in [1.54, 1.807) is 0 Å². The van der Waals surface area contributed by atoms with Gasteiger partial charge in [0.1, 0.15) is 0 Å². The Balaban J connectivity index is 2.65. The molecule has 7 heavy (non-hydrogen) atoms. The number of hydrogen-bond acceptors (Lipinski definition) is 4. The Morgan fingerprint density at radius 2 is 1.57 bits per heavy atom. The second kappa shape index (κ2) is 1.76. The molecule has 0 radical (unpaired) electrons. The van der Waals surface area contributed by atoms with Crippen LogP contribution in [0.5, 0.6) is 0 Å². The fourth-order valence-electron chi connectivity index (χ4n) is 0.208. The molecule has 4 nitrogen and oxygen atoms in total. The van der Waals surface area contributed by atoms with Crippen molar-refractivity contribution >= 4 is 37.1 Å². The molecule has 0 bridgehead atoms. The molecule has 0 aromatic carbocycles. The van der Waals surface area contributed by atoms with Crippen LogP contribution in [0.25, 0.3) is 0 Å². The Bertz CT molecular complexity index is 105. The van der Waals surface area contributed by atoms with Crippen LogP contribution in [0.2, 0.25) is 0 Å². The number of hydrogen-bond donors (Lipinski definition) is 0. The Hall–Kier alpha value is -0.138. The molecule has 0 aliphatic carbocycles. The fraction of sp³-hybridized carbons (Fsp3) is 0. The molecular formula is C2O4Tl. The van der Waals surface area contributed by atoms with Gasteiger partial charge in [0, 0.05) is 0 Å². The Kier molecular flexibility index (Phi) is 1.26. The molecule has 1 rings (SSSR count). The Labute approximate surface area is 52.3 Å². The summed E-state index contributed by atoms with van der Waals surface area (Å²) in [6.45, 7) is 0. The van der Waals surface area contributed by atoms with E-state index >= 15 is 0 Å². The zero-order valence-corrected chi connectivity index (χ0v) is 7.70. The molecule has 35 valence electrons. The van der Waals surface area contributed by atoms with Gasteiger partial charge in [-0.2, -0.15) is 0 Å². The molecule has 5 heteroatoms. The van der Waals surface area contributed by atoms with E-state index in [1.807, 2.05) is 0 Å². The van der Waals surface area contributed by atoms with Gasteiger partial charge in [0.05, 0.1) is 0 Å². The van der Waals surface area contributed by atoms with Gasteiger partial charge in [0.2, 0.25) is 0 Å². The minimum atomic E-state index is -1.76. The topological polar surface area (TPSA) is 52.6 Å². The van der Waals surface area contributed by atoms with Crippen LogP contribution in [0, 0.1) is 0 Å². The molecule has 1 heterocycles. The first-order valence-electron chi connectivity index (χ1n) is 1.54. The van der Waals surface area contributed by atoms with E-state index in [1.165, 1.54) is 0 Å². The standard InChI is InChI=1S/C2H2O4.Tl/c3-1(4)2(5)6;/h(H,3,4)(H,5,6);/q;+2/p-2. The molecule has 1 saturated heterocycles. The first-order chi connectivity index (χ1) is 3.30. The van der Waals surface area contributed by atoms with Crippen LogP contribution in [0.15, 0.2) is 0 Å². The SMILES string of the molecule is O=C1[O][Tl][O]C1=O. The van der Waals surface area contributed by atoms with E-state index in [0.717, 1.165) is 0 Å². The third-order valence-corrected chi connectivity index (χ3v) is 2.89. The van der Waals surface area contributed by atoms with Crippen molar-refractivity contribution in [2.75, 3.05) is 0 Å². The van der Waals surface area contributed by atoms with Gasteiger partial charge >= 0.3 is 52.0 Å². The van der Waals surface area contributed by atoms with Crippen LogP contribution < -0.4 is 0 Å². The molecule has 0 unspecified atom stereocenters. The van der Waals surface area contributed by atoms with Gasteiger partial charge in [0.15, 0.2) is 0 Å². The van der Waals surface area contributed by atoms with E-state index in [4.69, 9.17) is 0 Å². The quantitative estimate of drug-likeness (QED) is 0.408. The maximum absolute atomic E-state index is 9.93. The normalized spacial score (nSPS) is 16.6. The zero-order chi connectivity index (χ0) is 5.28. The average molecular weight is 292 g/mol. The summed E-state index contributed by atoms with van der Waals surface area (Å²) in [6.07, 6.45) is 0. The van der Waals surface area contributed by atoms with Gasteiger partial charge < -0.3 is 0 Å². The van der Waals surface area contributed by atoms with Crippen molar-refractivity contribution in [3.63, 3.8) is 0 Å². The first-order valence-corrected chi connectivity index (χ1v) is 5.20. The van der Waals surface area contributed by atoms with Gasteiger partial charge in [-0.05, 0) is 0 Å². The summed E-state index contributed by atoms with van der Waals surface area (Å²) in [6, 6.07) is 0. The summed E-state index contributed by atoms with van der Waals surface area (Å²) in [7, 11) is 0. The number of rotatable bonds is 0. The van der Waals surface area contributed by atoms with Crippen molar-refractivity contribution in [3.8, 4) is 0 Å². The van der Waals surface area contributed by atoms with Crippen LogP contribution in [0.3, 0.4) is 0 Å². The number of carbonyl (C=O) groups excluding carboxylic acids is 2. The van der Waals surface area contributed by atoms with Crippen molar-refractivity contribution in [2.45, 2.75) is 0 Å². The van der Waals surface area contributed by atoms with Gasteiger partial charge in [-0.25, -0.2) is 0 Å². The predicted octanol–water partition coefficient (Wildman–Crippen LogP) is -1.38. The van der Waals surface area contributed by atoms with Crippen molar-refractivity contribution in [2.24, 2.45) is 0 Å². The van der Waals surface area contributed by atoms with E-state index in [-0.39, 0.29) is 0 Å². The first kappa shape index (κ1) is 5.01. The second-order valence-electron chi connectivity index (χ2n) is 0.907. The average Bonchev–Trinajstić information content (AvgIpc) is 1.91. The van der Waals surface area contributed by atoms with Crippen molar-refractivity contribution in [1.82, 2.24) is 0 Å². The van der Waals surface area contributed by atoms with Crippen LogP contribution in [0.4, 0.5) is 0 Å². The minimum absolute atomic E-state index is 0.810. The summed E-state index contributed by atoms with van der Waals surface area (Å²) in [5, 5.41) is 0. The van der Waals surface area contributed by atoms with Crippen LogP contribution >= 0.6 is 0 Å². The molecule has 1 fully saturated rings. The third kappa shape index (κ3) is 0.899. The molecule has 0 aromatic heterocycles. The molecule has 0 amide bonds. The third-order valence-electron chi connectivity index (χ3n) is 0.477. The fourth-order valence-corrected chi connectivity index (χ4v) is 1.82. The molecule has 0 saturated carbocycles. The molecule has 0 N–H and O–H groups in total. The molecule has 0 spiro atoms. The van der Waals surface area contributed by atoms with E-state index in [0.29, 0.717) is 0 Å². The van der Waals surface area contributed by atoms with Crippen LogP contribution in [0.1, 0.15) is 0 Å².